The number of hydrogen-bond donors (Lipinski definition) is 0. The van der Waals surface area contributed by atoms with Crippen LogP contribution in [0, 0.1) is 12.8 Å². The Bertz CT molecular complexity index is 1510. The van der Waals surface area contributed by atoms with Crippen molar-refractivity contribution in [2.24, 2.45) is 5.92 Å². The van der Waals surface area contributed by atoms with E-state index in [2.05, 4.69) is 0 Å². The maximum atomic E-state index is 14.1. The maximum absolute atomic E-state index is 14.1. The third-order valence-corrected chi connectivity index (χ3v) is 8.22. The number of sulfonamides is 1. The van der Waals surface area contributed by atoms with Crippen molar-refractivity contribution in [3.05, 3.63) is 138 Å². The van der Waals surface area contributed by atoms with Crippen LogP contribution in [0.5, 0.6) is 0 Å². The summed E-state index contributed by atoms with van der Waals surface area (Å²) >= 11 is 0. The van der Waals surface area contributed by atoms with E-state index < -0.39 is 33.7 Å². The van der Waals surface area contributed by atoms with Crippen molar-refractivity contribution >= 4 is 21.8 Å². The number of hydrazine groups is 1. The molecule has 5 rings (SSSR count). The van der Waals surface area contributed by atoms with Crippen molar-refractivity contribution in [3.63, 3.8) is 0 Å². The molecule has 1 fully saturated rings. The lowest BCUT2D eigenvalue weighted by molar-refractivity contribution is -0.147. The lowest BCUT2D eigenvalue weighted by Gasteiger charge is -2.32. The van der Waals surface area contributed by atoms with Gasteiger partial charge in [-0.15, -0.1) is 4.41 Å². The fraction of sp³-hybridized carbons (Fsp3) is 0.133. The van der Waals surface area contributed by atoms with Gasteiger partial charge in [0.1, 0.15) is 0 Å². The molecule has 0 unspecified atom stereocenters. The van der Waals surface area contributed by atoms with Gasteiger partial charge in [-0.2, -0.15) is 8.42 Å². The Morgan fingerprint density at radius 3 is 2.19 bits per heavy atom. The fourth-order valence-corrected chi connectivity index (χ4v) is 6.13. The van der Waals surface area contributed by atoms with Gasteiger partial charge < -0.3 is 0 Å². The molecule has 7 heteroatoms. The van der Waals surface area contributed by atoms with Crippen molar-refractivity contribution in [3.8, 4) is 0 Å². The van der Waals surface area contributed by atoms with Gasteiger partial charge in [0.25, 0.3) is 21.8 Å². The zero-order valence-corrected chi connectivity index (χ0v) is 21.1. The van der Waals surface area contributed by atoms with Gasteiger partial charge in [0.15, 0.2) is 0 Å². The highest BCUT2D eigenvalue weighted by Crippen LogP contribution is 2.44. The number of rotatable bonds is 6. The van der Waals surface area contributed by atoms with E-state index in [1.807, 2.05) is 61.5 Å². The first-order chi connectivity index (χ1) is 17.9. The fourth-order valence-electron chi connectivity index (χ4n) is 4.72. The molecule has 2 atom stereocenters. The lowest BCUT2D eigenvalue weighted by Crippen LogP contribution is -2.51. The van der Waals surface area contributed by atoms with Gasteiger partial charge in [0, 0.05) is 5.92 Å². The molecule has 37 heavy (non-hydrogen) atoms. The zero-order valence-electron chi connectivity index (χ0n) is 20.3. The average Bonchev–Trinajstić information content (AvgIpc) is 3.02. The molecule has 186 valence electrons. The molecule has 0 saturated carbocycles. The monoisotopic (exact) mass is 510 g/mol. The standard InChI is InChI=1S/C30H26N2O4S/c1-22-17-19-25(20-18-22)37(35,36)32(28(33)21-23-11-5-2-6-12-23)31-27-16-10-4-9-15-26(27)29(30(31)34)24-13-7-3-8-14-24/h2-20,26,29H,21H2,1H3/t26-,29+/m1/s1. The Hall–Kier alpha value is -4.23. The van der Waals surface area contributed by atoms with E-state index in [1.54, 1.807) is 48.6 Å². The van der Waals surface area contributed by atoms with E-state index in [1.165, 1.54) is 12.1 Å². The molecular formula is C30H26N2O4S. The summed E-state index contributed by atoms with van der Waals surface area (Å²) in [6, 6.07) is 24.4. The first kappa shape index (κ1) is 24.5. The summed E-state index contributed by atoms with van der Waals surface area (Å²) in [6.45, 7) is 1.85. The molecule has 0 N–H and O–H groups in total. The SMILES string of the molecule is Cc1ccc(S(=O)(=O)N(C(=O)Cc2ccccc2)N2C(=O)[C@@H](c3ccccc3)[C@@H]3C=CC=CC=C32)cc1. The smallest absolute Gasteiger partial charge is 0.272 e. The van der Waals surface area contributed by atoms with E-state index in [4.69, 9.17) is 0 Å². The molecule has 1 aliphatic carbocycles. The first-order valence-corrected chi connectivity index (χ1v) is 13.4. The molecular weight excluding hydrogens is 484 g/mol. The van der Waals surface area contributed by atoms with Gasteiger partial charge in [0.2, 0.25) is 0 Å². The number of aryl methyl sites for hydroxylation is 1. The highest BCUT2D eigenvalue weighted by Gasteiger charge is 2.51. The predicted octanol–water partition coefficient (Wildman–Crippen LogP) is 4.92. The number of carbonyl (C=O) groups excluding carboxylic acids is 2. The van der Waals surface area contributed by atoms with Gasteiger partial charge in [-0.3, -0.25) is 9.59 Å². The predicted molar refractivity (Wildman–Crippen MR) is 141 cm³/mol. The van der Waals surface area contributed by atoms with E-state index in [9.17, 15) is 18.0 Å². The average molecular weight is 511 g/mol. The van der Waals surface area contributed by atoms with Crippen molar-refractivity contribution < 1.29 is 18.0 Å². The molecule has 0 aromatic heterocycles. The normalized spacial score (nSPS) is 18.8. The highest BCUT2D eigenvalue weighted by molar-refractivity contribution is 7.89. The van der Waals surface area contributed by atoms with Crippen LogP contribution < -0.4 is 0 Å². The van der Waals surface area contributed by atoms with Crippen LogP contribution in [0.3, 0.4) is 0 Å². The minimum atomic E-state index is -4.42. The van der Waals surface area contributed by atoms with Gasteiger partial charge in [0.05, 0.1) is 22.9 Å². The van der Waals surface area contributed by atoms with Gasteiger partial charge in [-0.1, -0.05) is 103 Å². The van der Waals surface area contributed by atoms with E-state index in [-0.39, 0.29) is 11.3 Å². The van der Waals surface area contributed by atoms with E-state index in [0.29, 0.717) is 15.7 Å². The Morgan fingerprint density at radius 2 is 1.51 bits per heavy atom. The van der Waals surface area contributed by atoms with Crippen molar-refractivity contribution in [1.29, 1.82) is 0 Å². The molecule has 3 aromatic carbocycles. The van der Waals surface area contributed by atoms with E-state index in [0.717, 1.165) is 16.1 Å². The van der Waals surface area contributed by atoms with Crippen molar-refractivity contribution in [2.45, 2.75) is 24.2 Å². The summed E-state index contributed by atoms with van der Waals surface area (Å²) in [5.74, 6) is -2.31. The minimum Gasteiger partial charge on any atom is -0.272 e. The summed E-state index contributed by atoms with van der Waals surface area (Å²) < 4.78 is 28.8. The molecule has 1 saturated heterocycles. The molecule has 1 aliphatic heterocycles. The molecule has 0 radical (unpaired) electrons. The number of carbonyl (C=O) groups is 2. The second-order valence-corrected chi connectivity index (χ2v) is 10.8. The molecule has 3 aromatic rings. The van der Waals surface area contributed by atoms with Crippen LogP contribution in [0.4, 0.5) is 0 Å². The summed E-state index contributed by atoms with van der Waals surface area (Å²) in [6.07, 6.45) is 8.81. The molecule has 2 amide bonds. The highest BCUT2D eigenvalue weighted by atomic mass is 32.2. The summed E-state index contributed by atoms with van der Waals surface area (Å²) in [7, 11) is -4.42. The van der Waals surface area contributed by atoms with Crippen LogP contribution in [0.1, 0.15) is 22.6 Å². The van der Waals surface area contributed by atoms with Crippen molar-refractivity contribution in [1.82, 2.24) is 9.42 Å². The summed E-state index contributed by atoms with van der Waals surface area (Å²) in [5, 5.41) is 1.07. The largest absolute Gasteiger partial charge is 0.284 e. The Balaban J connectivity index is 1.66. The van der Waals surface area contributed by atoms with Gasteiger partial charge >= 0.3 is 0 Å². The number of nitrogens with zero attached hydrogens (tertiary/aromatic N) is 2. The Morgan fingerprint density at radius 1 is 0.865 bits per heavy atom. The summed E-state index contributed by atoms with van der Waals surface area (Å²) in [4.78, 5) is 27.8. The van der Waals surface area contributed by atoms with Crippen LogP contribution in [0.25, 0.3) is 0 Å². The lowest BCUT2D eigenvalue weighted by atomic mass is 9.87. The number of amides is 2. The maximum Gasteiger partial charge on any atom is 0.284 e. The van der Waals surface area contributed by atoms with Crippen LogP contribution >= 0.6 is 0 Å². The zero-order chi connectivity index (χ0) is 26.0. The molecule has 0 bridgehead atoms. The summed E-state index contributed by atoms with van der Waals surface area (Å²) in [5.41, 5.74) is 2.71. The Labute approximate surface area is 216 Å². The van der Waals surface area contributed by atoms with Crippen LogP contribution in [-0.4, -0.2) is 29.7 Å². The van der Waals surface area contributed by atoms with Gasteiger partial charge in [-0.25, -0.2) is 5.01 Å². The van der Waals surface area contributed by atoms with Crippen LogP contribution in [0.2, 0.25) is 0 Å². The van der Waals surface area contributed by atoms with E-state index >= 15 is 0 Å². The van der Waals surface area contributed by atoms with Gasteiger partial charge in [-0.05, 0) is 36.3 Å². The van der Waals surface area contributed by atoms with Crippen LogP contribution in [-0.2, 0) is 26.0 Å². The number of hydrogen-bond acceptors (Lipinski definition) is 4. The van der Waals surface area contributed by atoms with Crippen molar-refractivity contribution in [2.75, 3.05) is 0 Å². The quantitative estimate of drug-likeness (QED) is 0.472. The molecule has 2 aliphatic rings. The third kappa shape index (κ3) is 4.66. The Kier molecular flexibility index (Phi) is 6.63. The second-order valence-electron chi connectivity index (χ2n) is 9.04. The van der Waals surface area contributed by atoms with Crippen LogP contribution in [0.15, 0.2) is 126 Å². The number of allylic oxidation sites excluding steroid dienone is 5. The molecule has 1 heterocycles. The second kappa shape index (κ2) is 10.0. The number of fused-ring (bicyclic) bond motifs is 1. The number of benzene rings is 3. The first-order valence-electron chi connectivity index (χ1n) is 12.0. The molecule has 0 spiro atoms. The topological polar surface area (TPSA) is 74.8 Å². The molecule has 6 nitrogen and oxygen atoms in total. The minimum absolute atomic E-state index is 0.0627. The third-order valence-electron chi connectivity index (χ3n) is 6.53.